The molecular formula is C27H40N2O5. The number of carbonyl (C=O) groups excluding carboxylic acids is 2. The van der Waals surface area contributed by atoms with E-state index in [0.717, 1.165) is 24.2 Å². The lowest BCUT2D eigenvalue weighted by Gasteiger charge is -2.53. The molecule has 0 bridgehead atoms. The monoisotopic (exact) mass is 472 g/mol. The number of rotatable bonds is 4. The van der Waals surface area contributed by atoms with Crippen molar-refractivity contribution in [1.29, 1.82) is 0 Å². The fourth-order valence-corrected chi connectivity index (χ4v) is 5.59. The van der Waals surface area contributed by atoms with Crippen LogP contribution in [0.4, 0.5) is 0 Å². The molecule has 2 amide bonds. The van der Waals surface area contributed by atoms with Crippen LogP contribution >= 0.6 is 0 Å². The van der Waals surface area contributed by atoms with Crippen molar-refractivity contribution in [2.75, 3.05) is 19.7 Å². The number of likely N-dealkylation sites (tertiary alicyclic amines) is 1. The van der Waals surface area contributed by atoms with Gasteiger partial charge in [0.05, 0.1) is 24.4 Å². The average Bonchev–Trinajstić information content (AvgIpc) is 2.73. The van der Waals surface area contributed by atoms with Crippen molar-refractivity contribution in [2.24, 2.45) is 11.8 Å². The predicted octanol–water partition coefficient (Wildman–Crippen LogP) is 3.78. The van der Waals surface area contributed by atoms with E-state index >= 15 is 0 Å². The smallest absolute Gasteiger partial charge is 0.247 e. The van der Waals surface area contributed by atoms with E-state index < -0.39 is 11.6 Å². The van der Waals surface area contributed by atoms with Crippen LogP contribution in [0, 0.1) is 18.8 Å². The zero-order valence-electron chi connectivity index (χ0n) is 21.6. The van der Waals surface area contributed by atoms with Gasteiger partial charge in [-0.1, -0.05) is 12.1 Å². The lowest BCUT2D eigenvalue weighted by Crippen LogP contribution is -2.58. The molecule has 1 aromatic rings. The van der Waals surface area contributed by atoms with Gasteiger partial charge < -0.3 is 24.4 Å². The number of hydrogen-bond donors (Lipinski definition) is 1. The third-order valence-electron chi connectivity index (χ3n) is 7.32. The molecule has 0 unspecified atom stereocenters. The van der Waals surface area contributed by atoms with Crippen LogP contribution in [0.1, 0.15) is 71.6 Å². The van der Waals surface area contributed by atoms with E-state index in [9.17, 15) is 9.59 Å². The molecule has 188 valence electrons. The second kappa shape index (κ2) is 9.15. The number of aryl methyl sites for hydroxylation is 1. The zero-order valence-corrected chi connectivity index (χ0v) is 21.6. The Bertz CT molecular complexity index is 937. The first-order valence-electron chi connectivity index (χ1n) is 12.5. The van der Waals surface area contributed by atoms with Gasteiger partial charge in [-0.15, -0.1) is 0 Å². The van der Waals surface area contributed by atoms with Crippen molar-refractivity contribution in [3.8, 4) is 5.75 Å². The number of ether oxygens (including phenoxy) is 3. The molecule has 2 fully saturated rings. The van der Waals surface area contributed by atoms with E-state index in [1.54, 1.807) is 0 Å². The van der Waals surface area contributed by atoms with Gasteiger partial charge in [0.25, 0.3) is 0 Å². The predicted molar refractivity (Wildman–Crippen MR) is 130 cm³/mol. The highest BCUT2D eigenvalue weighted by Crippen LogP contribution is 2.53. The van der Waals surface area contributed by atoms with Gasteiger partial charge >= 0.3 is 0 Å². The molecule has 0 spiro atoms. The molecule has 5 atom stereocenters. The molecule has 0 radical (unpaired) electrons. The van der Waals surface area contributed by atoms with Crippen molar-refractivity contribution in [1.82, 2.24) is 10.2 Å². The fraction of sp³-hybridized carbons (Fsp3) is 0.704. The highest BCUT2D eigenvalue weighted by molar-refractivity contribution is 5.87. The first-order valence-corrected chi connectivity index (χ1v) is 12.5. The molecule has 3 aliphatic rings. The number of piperidine rings is 1. The summed E-state index contributed by atoms with van der Waals surface area (Å²) < 4.78 is 19.0. The minimum Gasteiger partial charge on any atom is -0.487 e. The molecule has 34 heavy (non-hydrogen) atoms. The maximum absolute atomic E-state index is 13.4. The molecule has 3 heterocycles. The van der Waals surface area contributed by atoms with Gasteiger partial charge in [-0.05, 0) is 66.0 Å². The Morgan fingerprint density at radius 1 is 1.29 bits per heavy atom. The number of nitrogens with zero attached hydrogens (tertiary/aromatic N) is 1. The molecule has 1 N–H and O–H groups in total. The minimum atomic E-state index is -0.685. The summed E-state index contributed by atoms with van der Waals surface area (Å²) in [7, 11) is 0. The number of amides is 2. The average molecular weight is 473 g/mol. The first kappa shape index (κ1) is 25.0. The van der Waals surface area contributed by atoms with Crippen LogP contribution in [0.3, 0.4) is 0 Å². The lowest BCUT2D eigenvalue weighted by atomic mass is 9.70. The largest absolute Gasteiger partial charge is 0.487 e. The Kier molecular flexibility index (Phi) is 6.73. The maximum Gasteiger partial charge on any atom is 0.247 e. The topological polar surface area (TPSA) is 77.1 Å². The third-order valence-corrected chi connectivity index (χ3v) is 7.32. The van der Waals surface area contributed by atoms with Gasteiger partial charge in [0.2, 0.25) is 11.8 Å². The maximum atomic E-state index is 13.4. The van der Waals surface area contributed by atoms with Gasteiger partial charge in [-0.3, -0.25) is 9.59 Å². The van der Waals surface area contributed by atoms with Gasteiger partial charge in [0.1, 0.15) is 17.4 Å². The van der Waals surface area contributed by atoms with E-state index in [-0.39, 0.29) is 48.1 Å². The molecule has 7 heteroatoms. The molecule has 0 aliphatic carbocycles. The summed E-state index contributed by atoms with van der Waals surface area (Å²) in [5.74, 6) is 1.05. The normalized spacial score (nSPS) is 28.6. The van der Waals surface area contributed by atoms with Gasteiger partial charge in [-0.25, -0.2) is 0 Å². The molecule has 0 saturated carbocycles. The highest BCUT2D eigenvalue weighted by Gasteiger charge is 2.51. The number of carbonyl (C=O) groups is 2. The Balaban J connectivity index is 1.48. The number of hydrogen-bond acceptors (Lipinski definition) is 5. The van der Waals surface area contributed by atoms with Crippen LogP contribution in [-0.4, -0.2) is 59.8 Å². The second-order valence-electron chi connectivity index (χ2n) is 11.7. The number of fused-ring (bicyclic) bond motifs is 4. The van der Waals surface area contributed by atoms with Crippen LogP contribution in [0.25, 0.3) is 0 Å². The summed E-state index contributed by atoms with van der Waals surface area (Å²) in [6.07, 6.45) is 1.84. The molecular weight excluding hydrogens is 432 g/mol. The van der Waals surface area contributed by atoms with Gasteiger partial charge in [0.15, 0.2) is 0 Å². The summed E-state index contributed by atoms with van der Waals surface area (Å²) in [4.78, 5) is 27.1. The van der Waals surface area contributed by atoms with E-state index in [2.05, 4.69) is 44.3 Å². The van der Waals surface area contributed by atoms with Crippen molar-refractivity contribution in [2.45, 2.75) is 90.8 Å². The Morgan fingerprint density at radius 2 is 2.03 bits per heavy atom. The SMILES string of the molecule is CC(=O)N[C@@H](COC(C)(C)C)C(=O)N1CC[C@H]2O[C@H]3c4ccc(C)cc4OC(C)(C)[C@@H]3C[C@H]2C1. The van der Waals surface area contributed by atoms with E-state index in [1.807, 2.05) is 25.7 Å². The van der Waals surface area contributed by atoms with Crippen LogP contribution in [0.2, 0.25) is 0 Å². The van der Waals surface area contributed by atoms with Crippen molar-refractivity contribution >= 4 is 11.8 Å². The molecule has 3 aliphatic heterocycles. The van der Waals surface area contributed by atoms with Crippen LogP contribution < -0.4 is 10.1 Å². The van der Waals surface area contributed by atoms with Crippen molar-refractivity contribution in [3.05, 3.63) is 29.3 Å². The Morgan fingerprint density at radius 3 is 2.71 bits per heavy atom. The first-order chi connectivity index (χ1) is 15.8. The highest BCUT2D eigenvalue weighted by atomic mass is 16.5. The van der Waals surface area contributed by atoms with Crippen molar-refractivity contribution in [3.63, 3.8) is 0 Å². The Hall–Kier alpha value is -2.12. The quantitative estimate of drug-likeness (QED) is 0.722. The number of nitrogens with one attached hydrogen (secondary N) is 1. The summed E-state index contributed by atoms with van der Waals surface area (Å²) in [5, 5.41) is 2.79. The fourth-order valence-electron chi connectivity index (χ4n) is 5.59. The molecule has 2 saturated heterocycles. The summed E-state index contributed by atoms with van der Waals surface area (Å²) in [6, 6.07) is 5.68. The van der Waals surface area contributed by atoms with Gasteiger partial charge in [0, 0.05) is 37.4 Å². The van der Waals surface area contributed by atoms with Gasteiger partial charge in [-0.2, -0.15) is 0 Å². The summed E-state index contributed by atoms with van der Waals surface area (Å²) in [6.45, 7) is 15.0. The van der Waals surface area contributed by atoms with Crippen molar-refractivity contribution < 1.29 is 23.8 Å². The second-order valence-corrected chi connectivity index (χ2v) is 11.7. The molecule has 0 aromatic heterocycles. The van der Waals surface area contributed by atoms with E-state index in [0.29, 0.717) is 13.1 Å². The minimum absolute atomic E-state index is 0.00941. The van der Waals surface area contributed by atoms with Crippen LogP contribution in [0.15, 0.2) is 18.2 Å². The third kappa shape index (κ3) is 5.25. The summed E-state index contributed by atoms with van der Waals surface area (Å²) in [5.41, 5.74) is 1.56. The van der Waals surface area contributed by atoms with Crippen LogP contribution in [0.5, 0.6) is 5.75 Å². The zero-order chi connectivity index (χ0) is 24.8. The standard InChI is InChI=1S/C27H40N2O5/c1-16-8-9-19-23(12-16)34-27(6,7)20-13-18-14-29(11-10-22(18)33-24(19)20)25(31)21(28-17(2)30)15-32-26(3,4)5/h8-9,12,18,20-22,24H,10-11,13-15H2,1-7H3,(H,28,30)/t18-,20+,21-,22+,24-/m0/s1. The van der Waals surface area contributed by atoms with E-state index in [1.165, 1.54) is 12.5 Å². The van der Waals surface area contributed by atoms with Crippen LogP contribution in [-0.2, 0) is 19.1 Å². The molecule has 7 nitrogen and oxygen atoms in total. The molecule has 1 aromatic carbocycles. The Labute approximate surface area is 203 Å². The lowest BCUT2D eigenvalue weighted by molar-refractivity contribution is -0.189. The van der Waals surface area contributed by atoms with E-state index in [4.69, 9.17) is 14.2 Å². The summed E-state index contributed by atoms with van der Waals surface area (Å²) >= 11 is 0. The number of benzene rings is 1. The molecule has 4 rings (SSSR count).